The van der Waals surface area contributed by atoms with Gasteiger partial charge in [0.1, 0.15) is 5.82 Å². The third-order valence-corrected chi connectivity index (χ3v) is 4.37. The predicted molar refractivity (Wildman–Crippen MR) is 67.6 cm³/mol. The maximum Gasteiger partial charge on any atom is 0.131 e. The van der Waals surface area contributed by atoms with Gasteiger partial charge in [0, 0.05) is 30.4 Å². The van der Waals surface area contributed by atoms with Gasteiger partial charge in [-0.15, -0.1) is 0 Å². The van der Waals surface area contributed by atoms with Gasteiger partial charge in [0.05, 0.1) is 0 Å². The van der Waals surface area contributed by atoms with Crippen molar-refractivity contribution in [2.45, 2.75) is 45.1 Å². The van der Waals surface area contributed by atoms with Gasteiger partial charge in [0.2, 0.25) is 0 Å². The Morgan fingerprint density at radius 3 is 2.65 bits per heavy atom. The summed E-state index contributed by atoms with van der Waals surface area (Å²) in [5, 5.41) is 3.30. The molecule has 2 aliphatic rings. The monoisotopic (exact) mass is 231 g/mol. The maximum absolute atomic E-state index is 4.58. The van der Waals surface area contributed by atoms with Crippen LogP contribution in [0.25, 0.3) is 0 Å². The fourth-order valence-electron chi connectivity index (χ4n) is 3.48. The van der Waals surface area contributed by atoms with Gasteiger partial charge in [0.25, 0.3) is 0 Å². The molecule has 0 spiro atoms. The summed E-state index contributed by atoms with van der Waals surface area (Å²) in [5.74, 6) is 3.59. The second-order valence-corrected chi connectivity index (χ2v) is 5.51. The summed E-state index contributed by atoms with van der Waals surface area (Å²) in [6, 6.07) is 0. The molecule has 0 aromatic carbocycles. The molecule has 3 heteroatoms. The Morgan fingerprint density at radius 1 is 1.24 bits per heavy atom. The molecule has 0 aliphatic heterocycles. The van der Waals surface area contributed by atoms with Crippen molar-refractivity contribution in [3.63, 3.8) is 0 Å². The van der Waals surface area contributed by atoms with Crippen molar-refractivity contribution in [3.05, 3.63) is 23.8 Å². The van der Waals surface area contributed by atoms with Crippen LogP contribution in [-0.4, -0.2) is 16.5 Å². The van der Waals surface area contributed by atoms with Crippen LogP contribution in [0.2, 0.25) is 0 Å². The van der Waals surface area contributed by atoms with Crippen LogP contribution in [0.4, 0.5) is 0 Å². The molecule has 1 aromatic heterocycles. The Balaban J connectivity index is 1.68. The molecule has 0 radical (unpaired) electrons. The molecule has 1 heterocycles. The Kier molecular flexibility index (Phi) is 3.10. The molecule has 2 saturated carbocycles. The lowest BCUT2D eigenvalue weighted by molar-refractivity contribution is 0.405. The smallest absolute Gasteiger partial charge is 0.131 e. The third kappa shape index (κ3) is 2.21. The van der Waals surface area contributed by atoms with Gasteiger partial charge in [-0.2, -0.15) is 0 Å². The molecule has 17 heavy (non-hydrogen) atoms. The average Bonchev–Trinajstić information content (AvgIpc) is 2.99. The average molecular weight is 231 g/mol. The highest BCUT2D eigenvalue weighted by molar-refractivity contribution is 5.11. The van der Waals surface area contributed by atoms with Crippen LogP contribution in [0.15, 0.2) is 12.4 Å². The molecule has 2 aliphatic carbocycles. The van der Waals surface area contributed by atoms with Crippen molar-refractivity contribution in [2.24, 2.45) is 11.8 Å². The van der Waals surface area contributed by atoms with Gasteiger partial charge in [-0.05, 0) is 37.6 Å². The van der Waals surface area contributed by atoms with Crippen molar-refractivity contribution in [3.8, 4) is 0 Å². The largest absolute Gasteiger partial charge is 0.313 e. The van der Waals surface area contributed by atoms with Crippen LogP contribution in [-0.2, 0) is 6.54 Å². The Morgan fingerprint density at radius 2 is 2.06 bits per heavy atom. The minimum absolute atomic E-state index is 0.655. The molecule has 3 rings (SSSR count). The summed E-state index contributed by atoms with van der Waals surface area (Å²) in [5.41, 5.74) is 1.19. The van der Waals surface area contributed by atoms with Gasteiger partial charge in [-0.25, -0.2) is 9.97 Å². The molecular formula is C14H21N3. The molecule has 0 amide bonds. The Bertz CT molecular complexity index is 374. The van der Waals surface area contributed by atoms with E-state index in [-0.39, 0.29) is 0 Å². The Hall–Kier alpha value is -0.960. The normalized spacial score (nSPS) is 31.0. The third-order valence-electron chi connectivity index (χ3n) is 4.37. The van der Waals surface area contributed by atoms with Gasteiger partial charge in [-0.3, -0.25) is 0 Å². The second kappa shape index (κ2) is 4.73. The minimum atomic E-state index is 0.655. The first-order valence-corrected chi connectivity index (χ1v) is 6.88. The predicted octanol–water partition coefficient (Wildman–Crippen LogP) is 2.49. The highest BCUT2D eigenvalue weighted by Gasteiger charge is 2.41. The minimum Gasteiger partial charge on any atom is -0.313 e. The number of rotatable bonds is 4. The van der Waals surface area contributed by atoms with E-state index in [1.807, 2.05) is 12.4 Å². The molecular weight excluding hydrogens is 210 g/mol. The Labute approximate surface area is 103 Å². The first kappa shape index (κ1) is 11.1. The topological polar surface area (TPSA) is 37.8 Å². The number of nitrogens with one attached hydrogen (secondary N) is 1. The molecule has 2 fully saturated rings. The second-order valence-electron chi connectivity index (χ2n) is 5.51. The highest BCUT2D eigenvalue weighted by atomic mass is 14.9. The zero-order chi connectivity index (χ0) is 11.7. The van der Waals surface area contributed by atoms with E-state index in [2.05, 4.69) is 22.2 Å². The van der Waals surface area contributed by atoms with E-state index in [1.54, 1.807) is 0 Å². The number of fused-ring (bicyclic) bond motifs is 2. The van der Waals surface area contributed by atoms with E-state index in [9.17, 15) is 0 Å². The lowest BCUT2D eigenvalue weighted by atomic mass is 9.88. The van der Waals surface area contributed by atoms with Crippen LogP contribution < -0.4 is 5.32 Å². The van der Waals surface area contributed by atoms with Crippen LogP contribution in [0.1, 0.15) is 49.9 Å². The van der Waals surface area contributed by atoms with Crippen molar-refractivity contribution in [1.82, 2.24) is 15.3 Å². The molecule has 1 aromatic rings. The molecule has 3 atom stereocenters. The molecule has 3 nitrogen and oxygen atoms in total. The van der Waals surface area contributed by atoms with Crippen LogP contribution in [0.5, 0.6) is 0 Å². The van der Waals surface area contributed by atoms with Crippen LogP contribution in [0.3, 0.4) is 0 Å². The van der Waals surface area contributed by atoms with Crippen molar-refractivity contribution in [1.29, 1.82) is 0 Å². The fourth-order valence-corrected chi connectivity index (χ4v) is 3.48. The van der Waals surface area contributed by atoms with Crippen molar-refractivity contribution >= 4 is 0 Å². The van der Waals surface area contributed by atoms with Gasteiger partial charge < -0.3 is 5.32 Å². The number of nitrogens with zero attached hydrogens (tertiary/aromatic N) is 2. The van der Waals surface area contributed by atoms with Crippen molar-refractivity contribution in [2.75, 3.05) is 6.54 Å². The summed E-state index contributed by atoms with van der Waals surface area (Å²) >= 11 is 0. The number of aromatic nitrogens is 2. The summed E-state index contributed by atoms with van der Waals surface area (Å²) in [6.07, 6.45) is 9.59. The zero-order valence-electron chi connectivity index (χ0n) is 10.5. The quantitative estimate of drug-likeness (QED) is 0.865. The molecule has 0 saturated heterocycles. The van der Waals surface area contributed by atoms with Gasteiger partial charge in [0.15, 0.2) is 0 Å². The first-order valence-electron chi connectivity index (χ1n) is 6.88. The molecule has 1 N–H and O–H groups in total. The zero-order valence-corrected chi connectivity index (χ0v) is 10.5. The summed E-state index contributed by atoms with van der Waals surface area (Å²) in [6.45, 7) is 3.99. The summed E-state index contributed by atoms with van der Waals surface area (Å²) in [7, 11) is 0. The summed E-state index contributed by atoms with van der Waals surface area (Å²) in [4.78, 5) is 9.16. The van der Waals surface area contributed by atoms with Crippen LogP contribution >= 0.6 is 0 Å². The number of hydrogen-bond donors (Lipinski definition) is 1. The lowest BCUT2D eigenvalue weighted by Gasteiger charge is -2.20. The summed E-state index contributed by atoms with van der Waals surface area (Å²) < 4.78 is 0. The van der Waals surface area contributed by atoms with E-state index in [0.717, 1.165) is 30.7 Å². The van der Waals surface area contributed by atoms with Gasteiger partial charge >= 0.3 is 0 Å². The number of hydrogen-bond acceptors (Lipinski definition) is 3. The van der Waals surface area contributed by atoms with E-state index in [1.165, 1.54) is 31.2 Å². The van der Waals surface area contributed by atoms with Gasteiger partial charge in [-0.1, -0.05) is 13.3 Å². The van der Waals surface area contributed by atoms with E-state index >= 15 is 0 Å². The lowest BCUT2D eigenvalue weighted by Crippen LogP contribution is -2.15. The SMILES string of the molecule is CCNCc1cnc(C2CC3CCC2C3)nc1. The molecule has 3 unspecified atom stereocenters. The van der Waals surface area contributed by atoms with E-state index < -0.39 is 0 Å². The first-order chi connectivity index (χ1) is 8.36. The van der Waals surface area contributed by atoms with E-state index in [4.69, 9.17) is 0 Å². The standard InChI is InChI=1S/C14H21N3/c1-2-15-7-11-8-16-14(17-9-11)13-6-10-3-4-12(13)5-10/h8-10,12-13,15H,2-7H2,1H3. The molecule has 2 bridgehead atoms. The fraction of sp³-hybridized carbons (Fsp3) is 0.714. The van der Waals surface area contributed by atoms with Crippen LogP contribution in [0, 0.1) is 11.8 Å². The highest BCUT2D eigenvalue weighted by Crippen LogP contribution is 2.51. The van der Waals surface area contributed by atoms with E-state index in [0.29, 0.717) is 5.92 Å². The van der Waals surface area contributed by atoms with Crippen molar-refractivity contribution < 1.29 is 0 Å². The molecule has 92 valence electrons. The maximum atomic E-state index is 4.58.